The minimum atomic E-state index is -0.680. The van der Waals surface area contributed by atoms with E-state index in [1.54, 1.807) is 31.0 Å². The molecule has 3 N–H and O–H groups in total. The molecular weight excluding hydrogens is 328 g/mol. The molecule has 26 heavy (non-hydrogen) atoms. The van der Waals surface area contributed by atoms with Crippen molar-refractivity contribution in [1.29, 1.82) is 5.41 Å². The van der Waals surface area contributed by atoms with E-state index in [0.29, 0.717) is 49.4 Å². The van der Waals surface area contributed by atoms with Gasteiger partial charge < -0.3 is 20.7 Å². The van der Waals surface area contributed by atoms with Crippen molar-refractivity contribution in [3.05, 3.63) is 23.5 Å². The molecule has 1 saturated heterocycles. The minimum Gasteiger partial charge on any atom is -0.390 e. The van der Waals surface area contributed by atoms with Crippen molar-refractivity contribution in [1.82, 2.24) is 9.88 Å². The predicted octanol–water partition coefficient (Wildman–Crippen LogP) is 3.94. The Labute approximate surface area is 158 Å². The lowest BCUT2D eigenvalue weighted by molar-refractivity contribution is -0.00219. The van der Waals surface area contributed by atoms with Crippen LogP contribution in [-0.4, -0.2) is 51.8 Å². The van der Waals surface area contributed by atoms with Crippen molar-refractivity contribution in [2.75, 3.05) is 25.0 Å². The molecule has 1 amide bonds. The van der Waals surface area contributed by atoms with Gasteiger partial charge in [0, 0.05) is 42.8 Å². The number of anilines is 1. The van der Waals surface area contributed by atoms with Crippen molar-refractivity contribution in [3.8, 4) is 0 Å². The number of piperidine rings is 1. The number of pyridine rings is 1. The molecule has 6 nitrogen and oxygen atoms in total. The van der Waals surface area contributed by atoms with Gasteiger partial charge >= 0.3 is 0 Å². The van der Waals surface area contributed by atoms with E-state index in [9.17, 15) is 9.90 Å². The highest BCUT2D eigenvalue weighted by Gasteiger charge is 2.30. The third-order valence-corrected chi connectivity index (χ3v) is 4.02. The Hall–Kier alpha value is -1.95. The first-order chi connectivity index (χ1) is 12.3. The Morgan fingerprint density at radius 1 is 1.31 bits per heavy atom. The summed E-state index contributed by atoms with van der Waals surface area (Å²) in [6.45, 7) is 15.3. The summed E-state index contributed by atoms with van der Waals surface area (Å²) in [7, 11) is 0. The molecule has 148 valence electrons. The largest absolute Gasteiger partial charge is 0.390 e. The summed E-state index contributed by atoms with van der Waals surface area (Å²) in [5, 5.41) is 20.9. The van der Waals surface area contributed by atoms with Crippen molar-refractivity contribution >= 4 is 17.3 Å². The zero-order valence-electron chi connectivity index (χ0n) is 17.4. The highest BCUT2D eigenvalue weighted by Crippen LogP contribution is 2.23. The zero-order chi connectivity index (χ0) is 20.3. The van der Waals surface area contributed by atoms with E-state index >= 15 is 0 Å². The normalized spacial score (nSPS) is 15.0. The number of aliphatic hydroxyl groups is 1. The summed E-state index contributed by atoms with van der Waals surface area (Å²) in [4.78, 5) is 18.5. The molecule has 1 aromatic heterocycles. The van der Waals surface area contributed by atoms with E-state index in [2.05, 4.69) is 10.3 Å². The number of hydrogen-bond acceptors (Lipinski definition) is 5. The van der Waals surface area contributed by atoms with Crippen LogP contribution in [0.25, 0.3) is 0 Å². The predicted molar refractivity (Wildman–Crippen MR) is 109 cm³/mol. The number of nitrogens with zero attached hydrogens (tertiary/aromatic N) is 2. The maximum absolute atomic E-state index is 12.5. The fraction of sp³-hybridized carbons (Fsp3) is 0.650. The number of carbonyl (C=O) groups is 1. The Balaban J connectivity index is 0.00000146. The third-order valence-electron chi connectivity index (χ3n) is 4.02. The van der Waals surface area contributed by atoms with Gasteiger partial charge in [0.15, 0.2) is 0 Å². The lowest BCUT2D eigenvalue weighted by Crippen LogP contribution is -2.45. The molecule has 1 aliphatic heterocycles. The van der Waals surface area contributed by atoms with Crippen LogP contribution in [0.4, 0.5) is 5.69 Å². The van der Waals surface area contributed by atoms with Crippen molar-refractivity contribution in [2.24, 2.45) is 0 Å². The Morgan fingerprint density at radius 3 is 2.31 bits per heavy atom. The Bertz CT molecular complexity index is 575. The van der Waals surface area contributed by atoms with Gasteiger partial charge in [-0.25, -0.2) is 0 Å². The van der Waals surface area contributed by atoms with Crippen LogP contribution < -0.4 is 5.32 Å². The number of hydrogen-bond donors (Lipinski definition) is 3. The molecule has 1 fully saturated rings. The van der Waals surface area contributed by atoms with Gasteiger partial charge in [-0.2, -0.15) is 0 Å². The van der Waals surface area contributed by atoms with E-state index in [4.69, 9.17) is 5.41 Å². The highest BCUT2D eigenvalue weighted by molar-refractivity contribution is 6.02. The van der Waals surface area contributed by atoms with Crippen LogP contribution in [0.2, 0.25) is 0 Å². The van der Waals surface area contributed by atoms with E-state index in [1.165, 1.54) is 0 Å². The van der Waals surface area contributed by atoms with Crippen molar-refractivity contribution in [3.63, 3.8) is 0 Å². The van der Waals surface area contributed by atoms with Gasteiger partial charge in [-0.05, 0) is 39.7 Å². The lowest BCUT2D eigenvalue weighted by Gasteiger charge is -2.35. The van der Waals surface area contributed by atoms with E-state index in [0.717, 1.165) is 5.69 Å². The third kappa shape index (κ3) is 6.75. The minimum absolute atomic E-state index is 0.121. The maximum Gasteiger partial charge on any atom is 0.272 e. The standard InChI is InChI=1S/C16H24N4O2.2C2H6/c1-4-18-13-9-14(19-10-12(13)11(2)17)15(21)20-7-5-16(3,22)6-8-20;2*1-2/h9-10,17,22H,4-8H2,1-3H3,(H,18,19);2*1-2H3. The second-order valence-corrected chi connectivity index (χ2v) is 6.06. The van der Waals surface area contributed by atoms with Gasteiger partial charge in [0.1, 0.15) is 5.69 Å². The molecule has 1 aliphatic rings. The van der Waals surface area contributed by atoms with Gasteiger partial charge in [0.05, 0.1) is 5.60 Å². The van der Waals surface area contributed by atoms with Gasteiger partial charge in [-0.15, -0.1) is 0 Å². The molecule has 2 rings (SSSR count). The van der Waals surface area contributed by atoms with E-state index < -0.39 is 5.60 Å². The second-order valence-electron chi connectivity index (χ2n) is 6.06. The van der Waals surface area contributed by atoms with Crippen LogP contribution in [-0.2, 0) is 0 Å². The molecule has 1 aromatic rings. The van der Waals surface area contributed by atoms with Gasteiger partial charge in [-0.3, -0.25) is 9.78 Å². The SMILES string of the molecule is CC.CC.CCNc1cc(C(=O)N2CCC(C)(O)CC2)ncc1C(C)=N. The summed E-state index contributed by atoms with van der Waals surface area (Å²) >= 11 is 0. The molecule has 0 aliphatic carbocycles. The van der Waals surface area contributed by atoms with E-state index in [-0.39, 0.29) is 5.91 Å². The molecule has 2 heterocycles. The van der Waals surface area contributed by atoms with Crippen LogP contribution in [0.3, 0.4) is 0 Å². The van der Waals surface area contributed by atoms with Gasteiger partial charge in [0.2, 0.25) is 0 Å². The molecule has 0 atom stereocenters. The number of amides is 1. The Kier molecular flexibility index (Phi) is 10.8. The second kappa shape index (κ2) is 11.6. The van der Waals surface area contributed by atoms with Crippen molar-refractivity contribution < 1.29 is 9.90 Å². The molecule has 0 saturated carbocycles. The van der Waals surface area contributed by atoms with E-state index in [1.807, 2.05) is 34.6 Å². The van der Waals surface area contributed by atoms with Gasteiger partial charge in [-0.1, -0.05) is 27.7 Å². The molecule has 0 aromatic carbocycles. The average molecular weight is 365 g/mol. The molecule has 6 heteroatoms. The Morgan fingerprint density at radius 2 is 1.85 bits per heavy atom. The van der Waals surface area contributed by atoms with Crippen LogP contribution in [0, 0.1) is 5.41 Å². The van der Waals surface area contributed by atoms with Crippen LogP contribution in [0.5, 0.6) is 0 Å². The number of rotatable bonds is 4. The number of aromatic nitrogens is 1. The summed E-state index contributed by atoms with van der Waals surface area (Å²) < 4.78 is 0. The topological polar surface area (TPSA) is 89.3 Å². The monoisotopic (exact) mass is 364 g/mol. The average Bonchev–Trinajstić information content (AvgIpc) is 2.64. The summed E-state index contributed by atoms with van der Waals surface area (Å²) in [6, 6.07) is 1.71. The first-order valence-corrected chi connectivity index (χ1v) is 9.65. The van der Waals surface area contributed by atoms with Gasteiger partial charge in [0.25, 0.3) is 5.91 Å². The number of nitrogens with one attached hydrogen (secondary N) is 2. The summed E-state index contributed by atoms with van der Waals surface area (Å²) in [5.41, 5.74) is 1.58. The number of carbonyl (C=O) groups excluding carboxylic acids is 1. The fourth-order valence-electron chi connectivity index (χ4n) is 2.56. The molecular formula is C20H36N4O2. The molecule has 0 bridgehead atoms. The quantitative estimate of drug-likeness (QED) is 0.706. The lowest BCUT2D eigenvalue weighted by atomic mass is 9.93. The smallest absolute Gasteiger partial charge is 0.272 e. The van der Waals surface area contributed by atoms with Crippen LogP contribution >= 0.6 is 0 Å². The summed E-state index contributed by atoms with van der Waals surface area (Å²) in [5.74, 6) is -0.121. The summed E-state index contributed by atoms with van der Waals surface area (Å²) in [6.07, 6.45) is 2.74. The van der Waals surface area contributed by atoms with Crippen LogP contribution in [0.15, 0.2) is 12.3 Å². The number of likely N-dealkylation sites (tertiary alicyclic amines) is 1. The maximum atomic E-state index is 12.5. The van der Waals surface area contributed by atoms with Crippen molar-refractivity contribution in [2.45, 2.75) is 66.9 Å². The molecule has 0 unspecified atom stereocenters. The fourth-order valence-corrected chi connectivity index (χ4v) is 2.56. The zero-order valence-corrected chi connectivity index (χ0v) is 17.4. The highest BCUT2D eigenvalue weighted by atomic mass is 16.3. The first kappa shape index (κ1) is 24.1. The molecule has 0 spiro atoms. The molecule has 0 radical (unpaired) electrons. The van der Waals surface area contributed by atoms with Crippen LogP contribution in [0.1, 0.15) is 77.4 Å². The first-order valence-electron chi connectivity index (χ1n) is 9.65.